The number of furan rings is 1. The Morgan fingerprint density at radius 1 is 1.25 bits per heavy atom. The number of hydrogen-bond acceptors (Lipinski definition) is 5. The number of carbonyl (C=O) groups is 1. The van der Waals surface area contributed by atoms with E-state index in [9.17, 15) is 13.2 Å². The maximum absolute atomic E-state index is 12.9. The van der Waals surface area contributed by atoms with Crippen LogP contribution in [-0.4, -0.2) is 38.3 Å². The smallest absolute Gasteiger partial charge is 0.248 e. The molecule has 0 saturated carbocycles. The molecule has 1 aromatic carbocycles. The average Bonchev–Trinajstić information content (AvgIpc) is 3.22. The molecular weight excluding hydrogens is 380 g/mol. The summed E-state index contributed by atoms with van der Waals surface area (Å²) in [5.74, 6) is 0.548. The van der Waals surface area contributed by atoms with Crippen molar-refractivity contribution in [1.82, 2.24) is 4.31 Å². The molecule has 1 amide bonds. The first kappa shape index (κ1) is 20.2. The van der Waals surface area contributed by atoms with Gasteiger partial charge in [-0.3, -0.25) is 4.79 Å². The summed E-state index contributed by atoms with van der Waals surface area (Å²) >= 11 is 0. The summed E-state index contributed by atoms with van der Waals surface area (Å²) in [6, 6.07) is 7.99. The highest BCUT2D eigenvalue weighted by Gasteiger charge is 2.26. The Morgan fingerprint density at radius 2 is 2.04 bits per heavy atom. The molecule has 150 valence electrons. The highest BCUT2D eigenvalue weighted by atomic mass is 32.2. The van der Waals surface area contributed by atoms with Crippen molar-refractivity contribution in [2.45, 2.75) is 31.1 Å². The lowest BCUT2D eigenvalue weighted by Crippen LogP contribution is -2.35. The van der Waals surface area contributed by atoms with Crippen LogP contribution in [0.5, 0.6) is 5.75 Å². The Bertz CT molecular complexity index is 930. The first-order valence-corrected chi connectivity index (χ1v) is 10.7. The topological polar surface area (TPSA) is 88.9 Å². The van der Waals surface area contributed by atoms with E-state index < -0.39 is 15.9 Å². The minimum atomic E-state index is -3.61. The predicted molar refractivity (Wildman–Crippen MR) is 107 cm³/mol. The third-order valence-electron chi connectivity index (χ3n) is 4.40. The van der Waals surface area contributed by atoms with Gasteiger partial charge in [0.1, 0.15) is 11.5 Å². The van der Waals surface area contributed by atoms with Crippen molar-refractivity contribution in [2.24, 2.45) is 0 Å². The number of ether oxygens (including phenoxy) is 1. The lowest BCUT2D eigenvalue weighted by atomic mass is 10.2. The molecule has 2 aromatic rings. The number of carbonyl (C=O) groups excluding carboxylic acids is 1. The highest BCUT2D eigenvalue weighted by Crippen LogP contribution is 2.30. The van der Waals surface area contributed by atoms with Crippen molar-refractivity contribution in [3.05, 3.63) is 48.4 Å². The number of hydrogen-bond donors (Lipinski definition) is 1. The molecule has 28 heavy (non-hydrogen) atoms. The average molecular weight is 404 g/mol. The van der Waals surface area contributed by atoms with Gasteiger partial charge in [0.15, 0.2) is 0 Å². The number of anilines is 1. The van der Waals surface area contributed by atoms with Crippen molar-refractivity contribution in [3.8, 4) is 5.75 Å². The summed E-state index contributed by atoms with van der Waals surface area (Å²) in [6.07, 6.45) is 7.12. The van der Waals surface area contributed by atoms with Gasteiger partial charge in [-0.05, 0) is 56.2 Å². The minimum Gasteiger partial charge on any atom is -0.492 e. The minimum absolute atomic E-state index is 0.142. The van der Waals surface area contributed by atoms with E-state index in [4.69, 9.17) is 9.15 Å². The fourth-order valence-corrected chi connectivity index (χ4v) is 4.57. The molecule has 1 aliphatic heterocycles. The third kappa shape index (κ3) is 4.82. The Hall–Kier alpha value is -2.58. The van der Waals surface area contributed by atoms with E-state index in [1.54, 1.807) is 18.2 Å². The fraction of sp³-hybridized carbons (Fsp3) is 0.350. The SMILES string of the molecule is CCOc1ccc(S(=O)(=O)N2CCCCC2)cc1NC(=O)C=Cc1ccco1. The molecule has 0 unspecified atom stereocenters. The zero-order valence-corrected chi connectivity index (χ0v) is 16.6. The van der Waals surface area contributed by atoms with Crippen LogP contribution in [0.15, 0.2) is 52.0 Å². The predicted octanol–water partition coefficient (Wildman–Crippen LogP) is 3.50. The second-order valence-electron chi connectivity index (χ2n) is 6.39. The number of amides is 1. The van der Waals surface area contributed by atoms with Crippen LogP contribution >= 0.6 is 0 Å². The van der Waals surface area contributed by atoms with Gasteiger partial charge in [0.2, 0.25) is 15.9 Å². The lowest BCUT2D eigenvalue weighted by Gasteiger charge is -2.26. The van der Waals surface area contributed by atoms with Gasteiger partial charge >= 0.3 is 0 Å². The molecule has 0 spiro atoms. The van der Waals surface area contributed by atoms with E-state index in [0.29, 0.717) is 36.9 Å². The second-order valence-corrected chi connectivity index (χ2v) is 8.33. The Labute approximate surface area is 165 Å². The van der Waals surface area contributed by atoms with Gasteiger partial charge in [0.05, 0.1) is 23.5 Å². The standard InChI is InChI=1S/C20H24N2O5S/c1-2-26-19-10-9-17(28(24,25)22-12-4-3-5-13-22)15-18(19)21-20(23)11-8-16-7-6-14-27-16/h6-11,14-15H,2-5,12-13H2,1H3,(H,21,23). The molecule has 3 rings (SSSR count). The zero-order chi connectivity index (χ0) is 20.0. The van der Waals surface area contributed by atoms with E-state index in [0.717, 1.165) is 19.3 Å². The Balaban J connectivity index is 1.83. The molecule has 0 bridgehead atoms. The van der Waals surface area contributed by atoms with Gasteiger partial charge in [-0.2, -0.15) is 4.31 Å². The Morgan fingerprint density at radius 3 is 2.71 bits per heavy atom. The number of nitrogens with one attached hydrogen (secondary N) is 1. The quantitative estimate of drug-likeness (QED) is 0.714. The van der Waals surface area contributed by atoms with Crippen LogP contribution in [0, 0.1) is 0 Å². The van der Waals surface area contributed by atoms with Gasteiger partial charge in [0.25, 0.3) is 0 Å². The van der Waals surface area contributed by atoms with Crippen LogP contribution in [0.3, 0.4) is 0 Å². The Kier molecular flexibility index (Phi) is 6.53. The highest BCUT2D eigenvalue weighted by molar-refractivity contribution is 7.89. The van der Waals surface area contributed by atoms with Crippen LogP contribution in [0.2, 0.25) is 0 Å². The summed E-state index contributed by atoms with van der Waals surface area (Å²) in [5.41, 5.74) is 0.314. The van der Waals surface area contributed by atoms with E-state index >= 15 is 0 Å². The molecular formula is C20H24N2O5S. The number of nitrogens with zero attached hydrogens (tertiary/aromatic N) is 1. The number of piperidine rings is 1. The summed E-state index contributed by atoms with van der Waals surface area (Å²) in [7, 11) is -3.61. The van der Waals surface area contributed by atoms with Crippen LogP contribution in [-0.2, 0) is 14.8 Å². The second kappa shape index (κ2) is 9.07. The summed E-state index contributed by atoms with van der Waals surface area (Å²) in [6.45, 7) is 3.25. The van der Waals surface area contributed by atoms with Crippen molar-refractivity contribution in [2.75, 3.05) is 25.0 Å². The first-order chi connectivity index (χ1) is 13.5. The van der Waals surface area contributed by atoms with Gasteiger partial charge in [-0.25, -0.2) is 8.42 Å². The maximum atomic E-state index is 12.9. The molecule has 1 aliphatic rings. The fourth-order valence-electron chi connectivity index (χ4n) is 3.02. The number of benzene rings is 1. The van der Waals surface area contributed by atoms with Crippen LogP contribution < -0.4 is 10.1 Å². The molecule has 7 nitrogen and oxygen atoms in total. The van der Waals surface area contributed by atoms with E-state index in [2.05, 4.69) is 5.32 Å². The third-order valence-corrected chi connectivity index (χ3v) is 6.30. The van der Waals surface area contributed by atoms with Crippen molar-refractivity contribution in [3.63, 3.8) is 0 Å². The van der Waals surface area contributed by atoms with Crippen LogP contribution in [0.4, 0.5) is 5.69 Å². The number of rotatable bonds is 7. The van der Waals surface area contributed by atoms with Gasteiger partial charge in [-0.15, -0.1) is 0 Å². The van der Waals surface area contributed by atoms with E-state index in [1.165, 1.54) is 34.9 Å². The van der Waals surface area contributed by atoms with Gasteiger partial charge < -0.3 is 14.5 Å². The van der Waals surface area contributed by atoms with Gasteiger partial charge in [0, 0.05) is 19.2 Å². The lowest BCUT2D eigenvalue weighted by molar-refractivity contribution is -0.111. The van der Waals surface area contributed by atoms with Crippen LogP contribution in [0.1, 0.15) is 31.9 Å². The zero-order valence-electron chi connectivity index (χ0n) is 15.8. The van der Waals surface area contributed by atoms with E-state index in [1.807, 2.05) is 6.92 Å². The van der Waals surface area contributed by atoms with Crippen molar-refractivity contribution < 1.29 is 22.4 Å². The molecule has 1 aromatic heterocycles. The molecule has 1 N–H and O–H groups in total. The molecule has 0 radical (unpaired) electrons. The molecule has 1 saturated heterocycles. The number of sulfonamides is 1. The van der Waals surface area contributed by atoms with Gasteiger partial charge in [-0.1, -0.05) is 6.42 Å². The normalized spacial score (nSPS) is 15.6. The molecule has 8 heteroatoms. The molecule has 0 atom stereocenters. The van der Waals surface area contributed by atoms with Crippen molar-refractivity contribution >= 4 is 27.7 Å². The van der Waals surface area contributed by atoms with Crippen LogP contribution in [0.25, 0.3) is 6.08 Å². The summed E-state index contributed by atoms with van der Waals surface area (Å²) in [5, 5.41) is 2.70. The molecule has 2 heterocycles. The summed E-state index contributed by atoms with van der Waals surface area (Å²) in [4.78, 5) is 12.4. The van der Waals surface area contributed by atoms with Crippen molar-refractivity contribution in [1.29, 1.82) is 0 Å². The summed E-state index contributed by atoms with van der Waals surface area (Å²) < 4.78 is 38.0. The maximum Gasteiger partial charge on any atom is 0.248 e. The first-order valence-electron chi connectivity index (χ1n) is 9.30. The molecule has 1 fully saturated rings. The van der Waals surface area contributed by atoms with E-state index in [-0.39, 0.29) is 4.90 Å². The largest absolute Gasteiger partial charge is 0.492 e. The molecule has 0 aliphatic carbocycles. The monoisotopic (exact) mass is 404 g/mol.